The first-order valence-corrected chi connectivity index (χ1v) is 17.7. The molecule has 0 aromatic carbocycles. The van der Waals surface area contributed by atoms with Gasteiger partial charge < -0.3 is 20.4 Å². The van der Waals surface area contributed by atoms with Gasteiger partial charge in [-0.15, -0.1) is 0 Å². The number of alkyl halides is 6. The molecule has 3 heterocycles. The molecule has 3 rings (SSSR count). The fraction of sp³-hybridized carbons (Fsp3) is 0.634. The van der Waals surface area contributed by atoms with Crippen LogP contribution in [0.5, 0.6) is 0 Å². The Balaban J connectivity index is 0.000000729. The summed E-state index contributed by atoms with van der Waals surface area (Å²) in [5.41, 5.74) is -1.09. The molecule has 0 radical (unpaired) electrons. The maximum Gasteiger partial charge on any atom is 0.335 e. The fourth-order valence-electron chi connectivity index (χ4n) is 4.70. The molecule has 0 aliphatic carbocycles. The minimum Gasteiger partial charge on any atom is -0.386 e. The lowest BCUT2D eigenvalue weighted by atomic mass is 9.72. The van der Waals surface area contributed by atoms with E-state index >= 15 is 0 Å². The third-order valence-corrected chi connectivity index (χ3v) is 8.30. The molecular formula is C41H62F7N3O4. The van der Waals surface area contributed by atoms with Gasteiger partial charge >= 0.3 is 11.8 Å². The zero-order valence-electron chi connectivity index (χ0n) is 34.8. The summed E-state index contributed by atoms with van der Waals surface area (Å²) in [6.45, 7) is 23.0. The van der Waals surface area contributed by atoms with Crippen LogP contribution in [0.25, 0.3) is 0 Å². The van der Waals surface area contributed by atoms with Crippen LogP contribution in [0.4, 0.5) is 30.7 Å². The second kappa shape index (κ2) is 18.8. The molecule has 0 amide bonds. The van der Waals surface area contributed by atoms with Gasteiger partial charge in [-0.2, -0.15) is 8.78 Å². The third kappa shape index (κ3) is 15.3. The Hall–Kier alpha value is -3.20. The topological polar surface area (TPSA) is 120 Å². The van der Waals surface area contributed by atoms with Crippen molar-refractivity contribution < 1.29 is 51.2 Å². The van der Waals surface area contributed by atoms with Gasteiger partial charge in [0, 0.05) is 31.7 Å². The van der Waals surface area contributed by atoms with E-state index in [-0.39, 0.29) is 18.2 Å². The van der Waals surface area contributed by atoms with Crippen molar-refractivity contribution in [2.75, 3.05) is 0 Å². The van der Waals surface area contributed by atoms with Gasteiger partial charge in [-0.1, -0.05) is 95.2 Å². The van der Waals surface area contributed by atoms with Crippen LogP contribution in [0.2, 0.25) is 0 Å². The first-order chi connectivity index (χ1) is 24.3. The van der Waals surface area contributed by atoms with E-state index in [1.807, 2.05) is 78.8 Å². The summed E-state index contributed by atoms with van der Waals surface area (Å²) >= 11 is 0. The van der Waals surface area contributed by atoms with E-state index in [9.17, 15) is 40.9 Å². The second-order valence-corrected chi connectivity index (χ2v) is 18.1. The standard InChI is InChI=1S/C16H20N2O.C10H14FNO.C8H14F4O.C7H14F2O/c1-12-8-9-14(18-11-12)16(19,15(2,3)4)13-7-5-6-10-17-13;1-10(2,3)9(13)8-5-4-7(11)6-12-8;1-6(2,3)5(13)8(11,12)7(4,9)10;1-6(2,3)5(10)7(4,8)9/h5-11,19H,1-4H3;4-6,9,13H,1-3H3;5,13H,1-4H3;5,10H,1-4H3. The summed E-state index contributed by atoms with van der Waals surface area (Å²) in [5, 5.41) is 39.0. The smallest absolute Gasteiger partial charge is 0.335 e. The Morgan fingerprint density at radius 3 is 1.33 bits per heavy atom. The van der Waals surface area contributed by atoms with Crippen LogP contribution >= 0.6 is 0 Å². The molecule has 4 atom stereocenters. The van der Waals surface area contributed by atoms with E-state index < -0.39 is 57.9 Å². The lowest BCUT2D eigenvalue weighted by Gasteiger charge is -2.39. The van der Waals surface area contributed by atoms with Crippen molar-refractivity contribution in [2.24, 2.45) is 21.7 Å². The zero-order valence-corrected chi connectivity index (χ0v) is 34.8. The number of aryl methyl sites for hydroxylation is 1. The molecule has 4 N–H and O–H groups in total. The summed E-state index contributed by atoms with van der Waals surface area (Å²) in [6, 6.07) is 12.2. The van der Waals surface area contributed by atoms with E-state index in [0.717, 1.165) is 18.7 Å². The molecule has 0 saturated heterocycles. The van der Waals surface area contributed by atoms with Crippen molar-refractivity contribution in [3.8, 4) is 0 Å². The molecule has 4 unspecified atom stereocenters. The Labute approximate surface area is 322 Å². The maximum absolute atomic E-state index is 12.8. The summed E-state index contributed by atoms with van der Waals surface area (Å²) < 4.78 is 87.6. The van der Waals surface area contributed by atoms with Gasteiger partial charge in [0.05, 0.1) is 23.3 Å². The van der Waals surface area contributed by atoms with Crippen molar-refractivity contribution in [2.45, 2.75) is 146 Å². The highest BCUT2D eigenvalue weighted by molar-refractivity contribution is 5.31. The molecule has 0 aliphatic rings. The molecule has 0 spiro atoms. The highest BCUT2D eigenvalue weighted by atomic mass is 19.3. The number of hydrogen-bond acceptors (Lipinski definition) is 7. The van der Waals surface area contributed by atoms with Crippen molar-refractivity contribution in [1.29, 1.82) is 0 Å². The molecule has 0 saturated carbocycles. The number of nitrogens with zero attached hydrogens (tertiary/aromatic N) is 3. The van der Waals surface area contributed by atoms with E-state index in [4.69, 9.17) is 10.2 Å². The first-order valence-electron chi connectivity index (χ1n) is 17.7. The summed E-state index contributed by atoms with van der Waals surface area (Å²) in [6.07, 6.45) is -0.00688. The first kappa shape index (κ1) is 51.8. The highest BCUT2D eigenvalue weighted by Gasteiger charge is 2.60. The molecule has 7 nitrogen and oxygen atoms in total. The van der Waals surface area contributed by atoms with E-state index in [1.165, 1.54) is 32.9 Å². The largest absolute Gasteiger partial charge is 0.386 e. The van der Waals surface area contributed by atoms with E-state index in [2.05, 4.69) is 15.0 Å². The van der Waals surface area contributed by atoms with E-state index in [0.29, 0.717) is 17.1 Å². The van der Waals surface area contributed by atoms with Gasteiger partial charge in [0.15, 0.2) is 5.60 Å². The lowest BCUT2D eigenvalue weighted by Crippen LogP contribution is -2.53. The summed E-state index contributed by atoms with van der Waals surface area (Å²) in [4.78, 5) is 12.5. The van der Waals surface area contributed by atoms with Crippen LogP contribution in [-0.4, -0.2) is 65.4 Å². The van der Waals surface area contributed by atoms with Gasteiger partial charge in [-0.25, -0.2) is 22.0 Å². The van der Waals surface area contributed by atoms with Gasteiger partial charge in [-0.3, -0.25) is 15.0 Å². The van der Waals surface area contributed by atoms with Crippen LogP contribution in [0, 0.1) is 34.4 Å². The van der Waals surface area contributed by atoms with Crippen LogP contribution in [-0.2, 0) is 5.60 Å². The summed E-state index contributed by atoms with van der Waals surface area (Å²) in [7, 11) is 0. The maximum atomic E-state index is 12.8. The molecule has 0 bridgehead atoms. The quantitative estimate of drug-likeness (QED) is 0.184. The average molecular weight is 794 g/mol. The minimum absolute atomic E-state index is 0.0992. The minimum atomic E-state index is -4.40. The van der Waals surface area contributed by atoms with Crippen LogP contribution < -0.4 is 0 Å². The number of rotatable bonds is 6. The van der Waals surface area contributed by atoms with E-state index in [1.54, 1.807) is 33.2 Å². The Kier molecular flexibility index (Phi) is 17.7. The average Bonchev–Trinajstić information content (AvgIpc) is 3.02. The van der Waals surface area contributed by atoms with Crippen LogP contribution in [0.3, 0.4) is 0 Å². The third-order valence-electron chi connectivity index (χ3n) is 8.30. The zero-order chi connectivity index (χ0) is 43.8. The molecule has 314 valence electrons. The number of pyridine rings is 3. The van der Waals surface area contributed by atoms with Crippen molar-refractivity contribution in [1.82, 2.24) is 15.0 Å². The molecule has 14 heteroatoms. The van der Waals surface area contributed by atoms with Gasteiger partial charge in [0.2, 0.25) is 0 Å². The van der Waals surface area contributed by atoms with Crippen molar-refractivity contribution in [3.05, 3.63) is 89.5 Å². The number of hydrogen-bond donors (Lipinski definition) is 4. The fourth-order valence-corrected chi connectivity index (χ4v) is 4.70. The normalized spacial score (nSPS) is 15.7. The molecule has 55 heavy (non-hydrogen) atoms. The van der Waals surface area contributed by atoms with Gasteiger partial charge in [0.25, 0.3) is 5.92 Å². The predicted molar refractivity (Wildman–Crippen MR) is 201 cm³/mol. The highest BCUT2D eigenvalue weighted by Crippen LogP contribution is 2.44. The molecule has 0 aliphatic heterocycles. The SMILES string of the molecule is CC(C)(C)C(O)C(C)(F)F.CC(C)(C)C(O)C(F)(F)C(C)(F)F.CC(C)(C)C(O)c1ccc(F)cn1.Cc1ccc(C(O)(c2ccccn2)C(C)(C)C)nc1. The Morgan fingerprint density at radius 1 is 0.564 bits per heavy atom. The number of aliphatic hydroxyl groups excluding tert-OH is 3. The van der Waals surface area contributed by atoms with Gasteiger partial charge in [-0.05, 0) is 59.1 Å². The Bertz CT molecular complexity index is 1540. The van der Waals surface area contributed by atoms with Crippen LogP contribution in [0.15, 0.2) is 61.1 Å². The molecule has 3 aromatic heterocycles. The molecular weight excluding hydrogens is 731 g/mol. The Morgan fingerprint density at radius 2 is 1.05 bits per heavy atom. The summed E-state index contributed by atoms with van der Waals surface area (Å²) in [5.74, 6) is -12.0. The second-order valence-electron chi connectivity index (χ2n) is 18.1. The number of halogens is 7. The monoisotopic (exact) mass is 793 g/mol. The number of aromatic nitrogens is 3. The van der Waals surface area contributed by atoms with Gasteiger partial charge in [0.1, 0.15) is 24.1 Å². The molecule has 3 aromatic rings. The number of aliphatic hydroxyl groups is 4. The lowest BCUT2D eigenvalue weighted by molar-refractivity contribution is -0.263. The predicted octanol–water partition coefficient (Wildman–Crippen LogP) is 10.1. The van der Waals surface area contributed by atoms with Crippen molar-refractivity contribution >= 4 is 0 Å². The van der Waals surface area contributed by atoms with Crippen LogP contribution in [0.1, 0.15) is 126 Å². The molecule has 0 fully saturated rings. The van der Waals surface area contributed by atoms with Crippen molar-refractivity contribution in [3.63, 3.8) is 0 Å².